The first-order valence-corrected chi connectivity index (χ1v) is 14.5. The van der Waals surface area contributed by atoms with Gasteiger partial charge in [-0.15, -0.1) is 0 Å². The largest absolute Gasteiger partial charge is 0.458 e. The maximum absolute atomic E-state index is 6.72. The second-order valence-corrected chi connectivity index (χ2v) is 12.2. The molecule has 0 unspecified atom stereocenters. The monoisotopic (exact) mass is 534 g/mol. The second kappa shape index (κ2) is 9.14. The zero-order valence-electron chi connectivity index (χ0n) is 25.2. The lowest BCUT2D eigenvalue weighted by Crippen LogP contribution is -2.57. The summed E-state index contributed by atoms with van der Waals surface area (Å²) in [6.07, 6.45) is 0. The van der Waals surface area contributed by atoms with Crippen LogP contribution in [0.5, 0.6) is 23.0 Å². The molecule has 0 aromatic heterocycles. The molecule has 0 N–H and O–H groups in total. The van der Waals surface area contributed by atoms with Gasteiger partial charge in [0.1, 0.15) is 23.0 Å². The van der Waals surface area contributed by atoms with Crippen LogP contribution in [0, 0.1) is 55.4 Å². The van der Waals surface area contributed by atoms with E-state index in [9.17, 15) is 0 Å². The number of ether oxygens (including phenoxy) is 2. The van der Waals surface area contributed by atoms with Crippen molar-refractivity contribution in [2.45, 2.75) is 55.4 Å². The molecule has 0 saturated heterocycles. The summed E-state index contributed by atoms with van der Waals surface area (Å²) in [5.74, 6) is 3.71. The molecule has 5 aromatic rings. The molecule has 7 rings (SSSR count). The van der Waals surface area contributed by atoms with Gasteiger partial charge >= 0.3 is 0 Å². The fourth-order valence-electron chi connectivity index (χ4n) is 6.70. The van der Waals surface area contributed by atoms with E-state index in [2.05, 4.69) is 122 Å². The molecule has 2 aliphatic rings. The normalized spacial score (nSPS) is 12.7. The molecule has 0 amide bonds. The molecule has 0 aliphatic carbocycles. The molecule has 5 aromatic carbocycles. The first-order chi connectivity index (χ1) is 19.6. The van der Waals surface area contributed by atoms with Crippen molar-refractivity contribution < 1.29 is 9.47 Å². The van der Waals surface area contributed by atoms with Gasteiger partial charge in [0, 0.05) is 5.46 Å². The average molecular weight is 535 g/mol. The van der Waals surface area contributed by atoms with Crippen LogP contribution in [0.15, 0.2) is 66.7 Å². The van der Waals surface area contributed by atoms with Crippen LogP contribution < -0.4 is 25.9 Å². The predicted octanol–water partition coefficient (Wildman–Crippen LogP) is 8.22. The Morgan fingerprint density at radius 1 is 0.415 bits per heavy atom. The second-order valence-electron chi connectivity index (χ2n) is 12.2. The van der Waals surface area contributed by atoms with E-state index >= 15 is 0 Å². The number of fused-ring (bicyclic) bond motifs is 4. The van der Waals surface area contributed by atoms with Gasteiger partial charge in [-0.05, 0) is 151 Å². The van der Waals surface area contributed by atoms with Gasteiger partial charge in [0.25, 0.3) is 6.71 Å². The summed E-state index contributed by atoms with van der Waals surface area (Å²) >= 11 is 0. The van der Waals surface area contributed by atoms with Crippen molar-refractivity contribution in [3.8, 4) is 45.3 Å². The third-order valence-corrected chi connectivity index (χ3v) is 9.52. The van der Waals surface area contributed by atoms with Crippen molar-refractivity contribution in [3.05, 3.63) is 111 Å². The minimum Gasteiger partial charge on any atom is -0.458 e. The molecule has 0 bridgehead atoms. The SMILES string of the molecule is Cc1cc(-c2ccc3c(c2)Oc2c(C)cc(C)c4c2B3c2ccc(-c3cc(C)c(C)c(C)c3)cc2O4)cc(C)c1C. The molecule has 202 valence electrons. The van der Waals surface area contributed by atoms with Crippen molar-refractivity contribution in [1.29, 1.82) is 0 Å². The zero-order valence-corrected chi connectivity index (χ0v) is 25.2. The first-order valence-electron chi connectivity index (χ1n) is 14.5. The van der Waals surface area contributed by atoms with Crippen molar-refractivity contribution in [2.75, 3.05) is 0 Å². The van der Waals surface area contributed by atoms with Crippen molar-refractivity contribution in [3.63, 3.8) is 0 Å². The Balaban J connectivity index is 1.40. The Hall–Kier alpha value is -4.24. The Morgan fingerprint density at radius 2 is 0.805 bits per heavy atom. The van der Waals surface area contributed by atoms with Gasteiger partial charge in [0.05, 0.1) is 0 Å². The Kier molecular flexibility index (Phi) is 5.73. The molecule has 0 spiro atoms. The fourth-order valence-corrected chi connectivity index (χ4v) is 6.70. The Morgan fingerprint density at radius 3 is 1.20 bits per heavy atom. The summed E-state index contributed by atoms with van der Waals surface area (Å²) in [5.41, 5.74) is 18.6. The molecule has 3 heteroatoms. The molecular formula is C38H35BO2. The lowest BCUT2D eigenvalue weighted by Gasteiger charge is -2.35. The van der Waals surface area contributed by atoms with E-state index in [1.165, 1.54) is 66.6 Å². The molecule has 41 heavy (non-hydrogen) atoms. The van der Waals surface area contributed by atoms with E-state index in [0.29, 0.717) is 0 Å². The van der Waals surface area contributed by atoms with Crippen molar-refractivity contribution in [1.82, 2.24) is 0 Å². The number of hydrogen-bond acceptors (Lipinski definition) is 2. The maximum Gasteiger partial charge on any atom is 0.260 e. The topological polar surface area (TPSA) is 18.5 Å². The highest BCUT2D eigenvalue weighted by molar-refractivity contribution is 6.98. The van der Waals surface area contributed by atoms with Gasteiger partial charge in [0.15, 0.2) is 0 Å². The quantitative estimate of drug-likeness (QED) is 0.208. The van der Waals surface area contributed by atoms with E-state index in [-0.39, 0.29) is 6.71 Å². The van der Waals surface area contributed by atoms with Gasteiger partial charge in [-0.25, -0.2) is 0 Å². The number of aryl methyl sites for hydroxylation is 6. The van der Waals surface area contributed by atoms with Crippen LogP contribution in [-0.2, 0) is 0 Å². The van der Waals surface area contributed by atoms with Crippen LogP contribution in [0.3, 0.4) is 0 Å². The van der Waals surface area contributed by atoms with Crippen LogP contribution >= 0.6 is 0 Å². The molecular weight excluding hydrogens is 499 g/mol. The van der Waals surface area contributed by atoms with Gasteiger partial charge in [-0.2, -0.15) is 0 Å². The van der Waals surface area contributed by atoms with Crippen molar-refractivity contribution in [2.24, 2.45) is 0 Å². The molecule has 0 fully saturated rings. The van der Waals surface area contributed by atoms with E-state index in [0.717, 1.165) is 39.6 Å². The summed E-state index contributed by atoms with van der Waals surface area (Å²) in [6, 6.07) is 24.8. The summed E-state index contributed by atoms with van der Waals surface area (Å²) in [4.78, 5) is 0. The highest BCUT2D eigenvalue weighted by atomic mass is 16.5. The van der Waals surface area contributed by atoms with E-state index in [1.54, 1.807) is 0 Å². The predicted molar refractivity (Wildman–Crippen MR) is 173 cm³/mol. The highest BCUT2D eigenvalue weighted by Crippen LogP contribution is 2.40. The first kappa shape index (κ1) is 25.7. The fraction of sp³-hybridized carbons (Fsp3) is 0.211. The minimum absolute atomic E-state index is 0.0529. The van der Waals surface area contributed by atoms with E-state index < -0.39 is 0 Å². The molecule has 0 radical (unpaired) electrons. The molecule has 2 heterocycles. The van der Waals surface area contributed by atoms with Crippen molar-refractivity contribution >= 4 is 23.1 Å². The molecule has 2 nitrogen and oxygen atoms in total. The average Bonchev–Trinajstić information content (AvgIpc) is 2.95. The molecule has 0 atom stereocenters. The molecule has 0 saturated carbocycles. The van der Waals surface area contributed by atoms with Gasteiger partial charge in [-0.3, -0.25) is 0 Å². The summed E-state index contributed by atoms with van der Waals surface area (Å²) < 4.78 is 13.4. The lowest BCUT2D eigenvalue weighted by molar-refractivity contribution is 0.460. The summed E-state index contributed by atoms with van der Waals surface area (Å²) in [5, 5.41) is 0. The van der Waals surface area contributed by atoms with Crippen LogP contribution in [0.2, 0.25) is 0 Å². The molecule has 2 aliphatic heterocycles. The third kappa shape index (κ3) is 3.94. The van der Waals surface area contributed by atoms with Crippen LogP contribution in [0.4, 0.5) is 0 Å². The minimum atomic E-state index is 0.0529. The van der Waals surface area contributed by atoms with E-state index in [1.807, 2.05) is 0 Å². The Labute approximate surface area is 244 Å². The van der Waals surface area contributed by atoms with Crippen LogP contribution in [0.25, 0.3) is 22.3 Å². The van der Waals surface area contributed by atoms with E-state index in [4.69, 9.17) is 9.47 Å². The maximum atomic E-state index is 6.72. The van der Waals surface area contributed by atoms with Gasteiger partial charge < -0.3 is 9.47 Å². The summed E-state index contributed by atoms with van der Waals surface area (Å²) in [7, 11) is 0. The number of benzene rings is 5. The Bertz CT molecular complexity index is 1750. The van der Waals surface area contributed by atoms with Gasteiger partial charge in [-0.1, -0.05) is 48.5 Å². The number of hydrogen-bond donors (Lipinski definition) is 0. The van der Waals surface area contributed by atoms with Gasteiger partial charge in [0.2, 0.25) is 0 Å². The lowest BCUT2D eigenvalue weighted by atomic mass is 9.34. The summed E-state index contributed by atoms with van der Waals surface area (Å²) in [6.45, 7) is 17.5. The number of rotatable bonds is 2. The smallest absolute Gasteiger partial charge is 0.260 e. The van der Waals surface area contributed by atoms with Crippen LogP contribution in [-0.4, -0.2) is 6.71 Å². The third-order valence-electron chi connectivity index (χ3n) is 9.52. The zero-order chi connectivity index (χ0) is 28.7. The highest BCUT2D eigenvalue weighted by Gasteiger charge is 2.41. The van der Waals surface area contributed by atoms with Crippen LogP contribution in [0.1, 0.15) is 44.5 Å². The standard InChI is InChI=1S/C38H35BO2/c1-20-14-30(15-21(2)26(20)7)28-9-11-32-34(18-28)40-37-24(5)13-25(6)38-36(37)39(32)33-12-10-29(19-35(33)41-38)31-16-22(3)27(8)23(4)17-31/h9-19H,1-8H3.